The highest BCUT2D eigenvalue weighted by atomic mass is 19.4. The van der Waals surface area contributed by atoms with E-state index in [2.05, 4.69) is 10.4 Å². The van der Waals surface area contributed by atoms with Gasteiger partial charge in [0, 0.05) is 30.4 Å². The fraction of sp³-hybridized carbons (Fsp3) is 0.786. The van der Waals surface area contributed by atoms with Gasteiger partial charge in [-0.1, -0.05) is 12.8 Å². The summed E-state index contributed by atoms with van der Waals surface area (Å²) in [5, 5.41) is 7.33. The van der Waals surface area contributed by atoms with Crippen LogP contribution >= 0.6 is 0 Å². The molecule has 1 fully saturated rings. The minimum atomic E-state index is -4.11. The molecule has 1 heterocycles. The molecule has 1 N–H and O–H groups in total. The first-order chi connectivity index (χ1) is 9.30. The molecule has 6 heteroatoms. The number of aryl methyl sites for hydroxylation is 1. The first-order valence-corrected chi connectivity index (χ1v) is 7.12. The van der Waals surface area contributed by atoms with Gasteiger partial charge < -0.3 is 5.32 Å². The van der Waals surface area contributed by atoms with Crippen molar-refractivity contribution < 1.29 is 13.2 Å². The van der Waals surface area contributed by atoms with Crippen LogP contribution in [0, 0.1) is 12.8 Å². The number of rotatable bonds is 3. The van der Waals surface area contributed by atoms with Crippen molar-refractivity contribution in [2.45, 2.75) is 57.8 Å². The lowest BCUT2D eigenvalue weighted by molar-refractivity contribution is -0.189. The molecule has 20 heavy (non-hydrogen) atoms. The second kappa shape index (κ2) is 5.76. The van der Waals surface area contributed by atoms with Crippen molar-refractivity contribution in [3.05, 3.63) is 17.5 Å². The molecule has 1 saturated carbocycles. The van der Waals surface area contributed by atoms with Crippen molar-refractivity contribution in [1.82, 2.24) is 15.1 Å². The van der Waals surface area contributed by atoms with Crippen molar-refractivity contribution in [2.75, 3.05) is 0 Å². The summed E-state index contributed by atoms with van der Waals surface area (Å²) in [6.45, 7) is 3.84. The second-order valence-electron chi connectivity index (χ2n) is 5.74. The van der Waals surface area contributed by atoms with E-state index in [1.807, 2.05) is 20.9 Å². The van der Waals surface area contributed by atoms with E-state index in [-0.39, 0.29) is 12.5 Å². The summed E-state index contributed by atoms with van der Waals surface area (Å²) in [5.41, 5.74) is 1.96. The lowest BCUT2D eigenvalue weighted by atomic mass is 9.83. The predicted molar refractivity (Wildman–Crippen MR) is 71.3 cm³/mol. The Kier molecular flexibility index (Phi) is 4.42. The summed E-state index contributed by atoms with van der Waals surface area (Å²) in [6, 6.07) is -0.602. The van der Waals surface area contributed by atoms with Gasteiger partial charge in [-0.05, 0) is 26.7 Å². The predicted octanol–water partition coefficient (Wildman–Crippen LogP) is 3.50. The highest BCUT2D eigenvalue weighted by molar-refractivity contribution is 5.20. The van der Waals surface area contributed by atoms with Gasteiger partial charge in [0.25, 0.3) is 0 Å². The summed E-state index contributed by atoms with van der Waals surface area (Å²) >= 11 is 0. The van der Waals surface area contributed by atoms with E-state index in [1.165, 1.54) is 0 Å². The zero-order chi connectivity index (χ0) is 14.9. The number of nitrogens with one attached hydrogen (secondary N) is 1. The molecule has 1 aliphatic rings. The van der Waals surface area contributed by atoms with Crippen molar-refractivity contribution in [3.8, 4) is 0 Å². The van der Waals surface area contributed by atoms with E-state index in [0.717, 1.165) is 17.7 Å². The molecule has 3 nitrogen and oxygen atoms in total. The molecule has 1 aromatic rings. The maximum Gasteiger partial charge on any atom is 0.393 e. The standard InChI is InChI=1S/C14H22F3N3/c1-9(11-8-18-20(3)10(11)2)19-13-7-5-4-6-12(13)14(15,16)17/h8-9,12-13,19H,4-7H2,1-3H3. The van der Waals surface area contributed by atoms with Crippen LogP contribution < -0.4 is 5.32 Å². The van der Waals surface area contributed by atoms with Crippen LogP contribution in [0.5, 0.6) is 0 Å². The Morgan fingerprint density at radius 3 is 2.55 bits per heavy atom. The fourth-order valence-electron chi connectivity index (χ4n) is 3.07. The summed E-state index contributed by atoms with van der Waals surface area (Å²) in [7, 11) is 1.84. The van der Waals surface area contributed by atoms with Crippen molar-refractivity contribution in [1.29, 1.82) is 0 Å². The molecule has 0 amide bonds. The van der Waals surface area contributed by atoms with Crippen LogP contribution in [0.3, 0.4) is 0 Å². The Morgan fingerprint density at radius 1 is 1.35 bits per heavy atom. The number of halogens is 3. The average Bonchev–Trinajstić information content (AvgIpc) is 2.69. The normalized spacial score (nSPS) is 25.7. The van der Waals surface area contributed by atoms with Gasteiger partial charge in [-0.3, -0.25) is 4.68 Å². The number of aromatic nitrogens is 2. The molecule has 0 saturated heterocycles. The van der Waals surface area contributed by atoms with Gasteiger partial charge >= 0.3 is 6.18 Å². The molecule has 1 aromatic heterocycles. The third kappa shape index (κ3) is 3.16. The van der Waals surface area contributed by atoms with Gasteiger partial charge in [0.2, 0.25) is 0 Å². The Labute approximate surface area is 117 Å². The molecular formula is C14H22F3N3. The number of alkyl halides is 3. The van der Waals surface area contributed by atoms with Crippen LogP contribution in [0.2, 0.25) is 0 Å². The van der Waals surface area contributed by atoms with Crippen molar-refractivity contribution in [3.63, 3.8) is 0 Å². The minimum Gasteiger partial charge on any atom is -0.307 e. The fourth-order valence-corrected chi connectivity index (χ4v) is 3.07. The summed E-state index contributed by atoms with van der Waals surface area (Å²) in [4.78, 5) is 0. The second-order valence-corrected chi connectivity index (χ2v) is 5.74. The molecule has 2 rings (SSSR count). The molecular weight excluding hydrogens is 267 g/mol. The molecule has 3 unspecified atom stereocenters. The molecule has 0 bridgehead atoms. The maximum absolute atomic E-state index is 13.1. The highest BCUT2D eigenvalue weighted by Gasteiger charge is 2.45. The topological polar surface area (TPSA) is 29.9 Å². The van der Waals surface area contributed by atoms with E-state index < -0.39 is 18.1 Å². The molecule has 0 spiro atoms. The van der Waals surface area contributed by atoms with Crippen LogP contribution in [0.4, 0.5) is 13.2 Å². The Morgan fingerprint density at radius 2 is 2.00 bits per heavy atom. The molecule has 3 atom stereocenters. The van der Waals surface area contributed by atoms with Crippen LogP contribution in [-0.2, 0) is 7.05 Å². The number of nitrogens with zero attached hydrogens (tertiary/aromatic N) is 2. The maximum atomic E-state index is 13.1. The highest BCUT2D eigenvalue weighted by Crippen LogP contribution is 2.38. The first kappa shape index (κ1) is 15.4. The SMILES string of the molecule is Cc1c(C(C)NC2CCCCC2C(F)(F)F)cnn1C. The van der Waals surface area contributed by atoms with Crippen LogP contribution in [0.1, 0.15) is 49.9 Å². The van der Waals surface area contributed by atoms with E-state index in [1.54, 1.807) is 10.9 Å². The van der Waals surface area contributed by atoms with Gasteiger partial charge in [-0.2, -0.15) is 18.3 Å². The minimum absolute atomic E-state index is 0.114. The quantitative estimate of drug-likeness (QED) is 0.923. The lowest BCUT2D eigenvalue weighted by Gasteiger charge is -2.35. The van der Waals surface area contributed by atoms with Crippen LogP contribution in [-0.4, -0.2) is 22.0 Å². The largest absolute Gasteiger partial charge is 0.393 e. The van der Waals surface area contributed by atoms with Crippen LogP contribution in [0.15, 0.2) is 6.20 Å². The number of hydrogen-bond donors (Lipinski definition) is 1. The molecule has 1 aliphatic carbocycles. The smallest absolute Gasteiger partial charge is 0.307 e. The Bertz CT molecular complexity index is 453. The van der Waals surface area contributed by atoms with E-state index in [0.29, 0.717) is 12.8 Å². The third-order valence-corrected chi connectivity index (χ3v) is 4.39. The van der Waals surface area contributed by atoms with E-state index in [9.17, 15) is 13.2 Å². The summed E-state index contributed by atoms with van der Waals surface area (Å²) in [5.74, 6) is -1.23. The van der Waals surface area contributed by atoms with Crippen molar-refractivity contribution >= 4 is 0 Å². The Hall–Kier alpha value is -1.04. The lowest BCUT2D eigenvalue weighted by Crippen LogP contribution is -2.46. The van der Waals surface area contributed by atoms with Gasteiger partial charge in [0.15, 0.2) is 0 Å². The monoisotopic (exact) mass is 289 g/mol. The molecule has 0 radical (unpaired) electrons. The first-order valence-electron chi connectivity index (χ1n) is 7.12. The van der Waals surface area contributed by atoms with Gasteiger partial charge in [0.1, 0.15) is 0 Å². The third-order valence-electron chi connectivity index (χ3n) is 4.39. The van der Waals surface area contributed by atoms with Gasteiger partial charge in [-0.25, -0.2) is 0 Å². The van der Waals surface area contributed by atoms with E-state index >= 15 is 0 Å². The zero-order valence-corrected chi connectivity index (χ0v) is 12.2. The molecule has 114 valence electrons. The molecule has 0 aromatic carbocycles. The Balaban J connectivity index is 2.09. The van der Waals surface area contributed by atoms with Gasteiger partial charge in [-0.15, -0.1) is 0 Å². The van der Waals surface area contributed by atoms with Crippen LogP contribution in [0.25, 0.3) is 0 Å². The number of hydrogen-bond acceptors (Lipinski definition) is 2. The van der Waals surface area contributed by atoms with Crippen molar-refractivity contribution in [2.24, 2.45) is 13.0 Å². The van der Waals surface area contributed by atoms with Gasteiger partial charge in [0.05, 0.1) is 12.1 Å². The zero-order valence-electron chi connectivity index (χ0n) is 12.2. The summed E-state index contributed by atoms with van der Waals surface area (Å²) in [6.07, 6.45) is -0.0143. The average molecular weight is 289 g/mol. The van der Waals surface area contributed by atoms with E-state index in [4.69, 9.17) is 0 Å². The summed E-state index contributed by atoms with van der Waals surface area (Å²) < 4.78 is 41.0. The molecule has 0 aliphatic heterocycles.